The minimum absolute atomic E-state index is 0.00169. The van der Waals surface area contributed by atoms with Crippen molar-refractivity contribution in [3.63, 3.8) is 0 Å². The summed E-state index contributed by atoms with van der Waals surface area (Å²) in [4.78, 5) is 50.9. The van der Waals surface area contributed by atoms with Gasteiger partial charge in [0.05, 0.1) is 19.5 Å². The van der Waals surface area contributed by atoms with E-state index in [1.165, 1.54) is 0 Å². The zero-order chi connectivity index (χ0) is 28.3. The molecule has 2 amide bonds. The van der Waals surface area contributed by atoms with Gasteiger partial charge >= 0.3 is 18.0 Å². The largest absolute Gasteiger partial charge is 0.479 e. The molecule has 1 aliphatic heterocycles. The van der Waals surface area contributed by atoms with Crippen molar-refractivity contribution in [3.05, 3.63) is 95.6 Å². The average molecular weight is 545 g/mol. The molecule has 3 N–H and O–H groups in total. The van der Waals surface area contributed by atoms with Crippen LogP contribution >= 0.6 is 0 Å². The van der Waals surface area contributed by atoms with E-state index in [-0.39, 0.29) is 19.1 Å². The molecular weight excluding hydrogens is 516 g/mol. The summed E-state index contributed by atoms with van der Waals surface area (Å²) in [5.74, 6) is -3.13. The topological polar surface area (TPSA) is 142 Å². The molecule has 10 heteroatoms. The molecule has 0 unspecified atom stereocenters. The lowest BCUT2D eigenvalue weighted by Gasteiger charge is -2.44. The van der Waals surface area contributed by atoms with E-state index in [2.05, 4.69) is 5.32 Å². The normalized spacial score (nSPS) is 15.7. The Morgan fingerprint density at radius 3 is 2.05 bits per heavy atom. The Bertz CT molecular complexity index is 1390. The summed E-state index contributed by atoms with van der Waals surface area (Å²) >= 11 is 0. The van der Waals surface area contributed by atoms with Crippen LogP contribution in [0.15, 0.2) is 78.9 Å². The van der Waals surface area contributed by atoms with Gasteiger partial charge in [-0.05, 0) is 27.8 Å². The molecule has 1 atom stereocenters. The smallest absolute Gasteiger partial charge is 0.407 e. The molecule has 3 aromatic rings. The molecule has 5 rings (SSSR count). The summed E-state index contributed by atoms with van der Waals surface area (Å²) in [6, 6.07) is 23.3. The molecule has 0 aromatic heterocycles. The van der Waals surface area contributed by atoms with E-state index in [0.717, 1.165) is 32.7 Å². The molecule has 1 heterocycles. The molecular formula is C30H28N2O8. The quantitative estimate of drug-likeness (QED) is 0.349. The Hall–Kier alpha value is -4.70. The van der Waals surface area contributed by atoms with Gasteiger partial charge in [-0.3, -0.25) is 9.59 Å². The first kappa shape index (κ1) is 26.9. The number of carboxylic acid groups (broad SMARTS) is 1. The van der Waals surface area contributed by atoms with E-state index in [1.54, 1.807) is 24.3 Å². The number of hydrogen-bond acceptors (Lipinski definition) is 7. The Balaban J connectivity index is 1.24. The van der Waals surface area contributed by atoms with Gasteiger partial charge in [0.25, 0.3) is 0 Å². The maximum atomic E-state index is 13.1. The Kier molecular flexibility index (Phi) is 7.52. The van der Waals surface area contributed by atoms with Crippen LogP contribution in [0.5, 0.6) is 0 Å². The molecule has 206 valence electrons. The molecule has 10 nitrogen and oxygen atoms in total. The number of nitrogens with one attached hydrogen (secondary N) is 1. The van der Waals surface area contributed by atoms with Crippen molar-refractivity contribution in [2.45, 2.75) is 30.6 Å². The highest BCUT2D eigenvalue weighted by atomic mass is 16.5. The Morgan fingerprint density at radius 1 is 0.875 bits per heavy atom. The summed E-state index contributed by atoms with van der Waals surface area (Å²) in [7, 11) is 0. The Labute approximate surface area is 230 Å². The first-order valence-corrected chi connectivity index (χ1v) is 12.8. The van der Waals surface area contributed by atoms with Crippen LogP contribution in [0.2, 0.25) is 0 Å². The summed E-state index contributed by atoms with van der Waals surface area (Å²) in [6.07, 6.45) is -1.41. The predicted octanol–water partition coefficient (Wildman–Crippen LogP) is 2.69. The van der Waals surface area contributed by atoms with Crippen LogP contribution in [0.4, 0.5) is 4.79 Å². The number of β-amino-alcohol motifs (C(OH)–C–C–N with tert-alkyl or cyclic N) is 1. The lowest BCUT2D eigenvalue weighted by Crippen LogP contribution is -2.69. The van der Waals surface area contributed by atoms with Crippen LogP contribution in [0.3, 0.4) is 0 Å². The zero-order valence-corrected chi connectivity index (χ0v) is 21.5. The minimum Gasteiger partial charge on any atom is -0.479 e. The zero-order valence-electron chi connectivity index (χ0n) is 21.5. The number of esters is 1. The first-order valence-electron chi connectivity index (χ1n) is 12.8. The van der Waals surface area contributed by atoms with Gasteiger partial charge in [-0.25, -0.2) is 9.59 Å². The number of fused-ring (bicyclic) bond motifs is 3. The van der Waals surface area contributed by atoms with E-state index in [9.17, 15) is 24.3 Å². The highest BCUT2D eigenvalue weighted by Crippen LogP contribution is 2.44. The number of hydrogen-bond donors (Lipinski definition) is 3. The van der Waals surface area contributed by atoms with E-state index in [4.69, 9.17) is 14.6 Å². The molecule has 40 heavy (non-hydrogen) atoms. The lowest BCUT2D eigenvalue weighted by molar-refractivity contribution is -0.183. The second kappa shape index (κ2) is 11.2. The number of benzene rings is 3. The standard InChI is InChI=1S/C30H28N2O8/c33-26(39-15-19-8-2-1-3-9-19)14-25(27(34)32-17-30(38,18-32)28(35)36)31-29(37)40-16-24-22-12-6-4-10-20(22)21-11-5-7-13-23(21)24/h1-13,24-25,38H,14-18H2,(H,31,37)(H,35,36)/t25-/m0/s1. The number of carboxylic acids is 1. The lowest BCUT2D eigenvalue weighted by atomic mass is 9.93. The maximum absolute atomic E-state index is 13.1. The minimum atomic E-state index is -2.07. The third kappa shape index (κ3) is 5.52. The van der Waals surface area contributed by atoms with Crippen LogP contribution in [0.1, 0.15) is 29.0 Å². The molecule has 1 saturated heterocycles. The summed E-state index contributed by atoms with van der Waals surface area (Å²) in [6.45, 7) is -0.956. The number of likely N-dealkylation sites (tertiary alicyclic amines) is 1. The fraction of sp³-hybridized carbons (Fsp3) is 0.267. The number of alkyl carbamates (subject to hydrolysis) is 1. The van der Waals surface area contributed by atoms with E-state index in [1.807, 2.05) is 54.6 Å². The molecule has 0 bridgehead atoms. The van der Waals surface area contributed by atoms with Crippen molar-refractivity contribution in [3.8, 4) is 11.1 Å². The highest BCUT2D eigenvalue weighted by Gasteiger charge is 2.51. The molecule has 1 fully saturated rings. The number of ether oxygens (including phenoxy) is 2. The van der Waals surface area contributed by atoms with Gasteiger partial charge in [0.1, 0.15) is 19.3 Å². The SMILES string of the molecule is O=C(C[C@H](NC(=O)OCC1c2ccccc2-c2ccccc21)C(=O)N1CC(O)(C(=O)O)C1)OCc1ccccc1. The number of aliphatic carboxylic acids is 1. The number of amides is 2. The van der Waals surface area contributed by atoms with Crippen molar-refractivity contribution in [1.29, 1.82) is 0 Å². The molecule has 0 spiro atoms. The van der Waals surface area contributed by atoms with Gasteiger partial charge in [0, 0.05) is 5.92 Å². The number of nitrogens with zero attached hydrogens (tertiary/aromatic N) is 1. The average Bonchev–Trinajstić information content (AvgIpc) is 3.26. The van der Waals surface area contributed by atoms with E-state index < -0.39 is 55.1 Å². The van der Waals surface area contributed by atoms with Crippen LogP contribution in [0.25, 0.3) is 11.1 Å². The second-order valence-corrected chi connectivity index (χ2v) is 9.90. The third-order valence-corrected chi connectivity index (χ3v) is 7.16. The molecule has 2 aliphatic rings. The highest BCUT2D eigenvalue weighted by molar-refractivity contribution is 5.92. The van der Waals surface area contributed by atoms with Crippen LogP contribution in [-0.4, -0.2) is 70.4 Å². The van der Waals surface area contributed by atoms with Crippen LogP contribution < -0.4 is 5.32 Å². The van der Waals surface area contributed by atoms with Gasteiger partial charge in [-0.2, -0.15) is 0 Å². The fourth-order valence-corrected chi connectivity index (χ4v) is 5.04. The second-order valence-electron chi connectivity index (χ2n) is 9.90. The Morgan fingerprint density at radius 2 is 1.45 bits per heavy atom. The van der Waals surface area contributed by atoms with E-state index >= 15 is 0 Å². The summed E-state index contributed by atoms with van der Waals surface area (Å²) < 4.78 is 10.8. The van der Waals surface area contributed by atoms with Gasteiger partial charge in [-0.1, -0.05) is 78.9 Å². The van der Waals surface area contributed by atoms with Crippen molar-refractivity contribution in [2.75, 3.05) is 19.7 Å². The van der Waals surface area contributed by atoms with Gasteiger partial charge in [-0.15, -0.1) is 0 Å². The summed E-state index contributed by atoms with van der Waals surface area (Å²) in [5.41, 5.74) is 2.83. The number of aliphatic hydroxyl groups is 1. The van der Waals surface area contributed by atoms with Gasteiger partial charge in [0.2, 0.25) is 5.91 Å². The van der Waals surface area contributed by atoms with Crippen molar-refractivity contribution in [1.82, 2.24) is 10.2 Å². The predicted molar refractivity (Wildman–Crippen MR) is 142 cm³/mol. The fourth-order valence-electron chi connectivity index (χ4n) is 5.04. The van der Waals surface area contributed by atoms with Gasteiger partial charge in [0.15, 0.2) is 5.60 Å². The number of carbonyl (C=O) groups is 4. The molecule has 0 saturated carbocycles. The third-order valence-electron chi connectivity index (χ3n) is 7.16. The monoisotopic (exact) mass is 544 g/mol. The van der Waals surface area contributed by atoms with Crippen molar-refractivity contribution < 1.29 is 38.9 Å². The van der Waals surface area contributed by atoms with Crippen LogP contribution in [0, 0.1) is 0 Å². The van der Waals surface area contributed by atoms with Crippen molar-refractivity contribution >= 4 is 23.9 Å². The number of rotatable bonds is 9. The summed E-state index contributed by atoms with van der Waals surface area (Å²) in [5, 5.41) is 21.6. The van der Waals surface area contributed by atoms with Crippen LogP contribution in [-0.2, 0) is 30.5 Å². The van der Waals surface area contributed by atoms with Crippen molar-refractivity contribution in [2.24, 2.45) is 0 Å². The van der Waals surface area contributed by atoms with Gasteiger partial charge < -0.3 is 29.9 Å². The molecule has 1 aliphatic carbocycles. The molecule has 3 aromatic carbocycles. The van der Waals surface area contributed by atoms with E-state index in [0.29, 0.717) is 0 Å². The maximum Gasteiger partial charge on any atom is 0.407 e. The number of carbonyl (C=O) groups excluding carboxylic acids is 3. The molecule has 0 radical (unpaired) electrons. The first-order chi connectivity index (χ1) is 19.2.